The Balaban J connectivity index is 1.79. The number of hydrogen-bond donors (Lipinski definition) is 0. The van der Waals surface area contributed by atoms with E-state index in [1.807, 2.05) is 12.3 Å². The van der Waals surface area contributed by atoms with Gasteiger partial charge in [0, 0.05) is 19.2 Å². The molecule has 0 radical (unpaired) electrons. The standard InChI is InChI=1S/C10H12N4O/c1-13-5-9(6-13)15-8-4-11-10-2-3-12-14(10)7-8/h2-4,7,9H,5-6H2,1H3. The van der Waals surface area contributed by atoms with Crippen LogP contribution in [0.15, 0.2) is 24.7 Å². The number of aromatic nitrogens is 3. The van der Waals surface area contributed by atoms with Crippen molar-refractivity contribution in [1.82, 2.24) is 19.5 Å². The molecule has 15 heavy (non-hydrogen) atoms. The largest absolute Gasteiger partial charge is 0.485 e. The van der Waals surface area contributed by atoms with E-state index in [1.165, 1.54) is 0 Å². The highest BCUT2D eigenvalue weighted by Crippen LogP contribution is 2.15. The Hall–Kier alpha value is -1.62. The van der Waals surface area contributed by atoms with E-state index >= 15 is 0 Å². The van der Waals surface area contributed by atoms with Gasteiger partial charge in [0.2, 0.25) is 0 Å². The molecule has 0 spiro atoms. The molecule has 0 aliphatic carbocycles. The maximum atomic E-state index is 5.73. The molecule has 0 saturated carbocycles. The molecule has 5 nitrogen and oxygen atoms in total. The van der Waals surface area contributed by atoms with E-state index in [9.17, 15) is 0 Å². The smallest absolute Gasteiger partial charge is 0.156 e. The van der Waals surface area contributed by atoms with Gasteiger partial charge in [-0.2, -0.15) is 5.10 Å². The van der Waals surface area contributed by atoms with Crippen LogP contribution in [-0.4, -0.2) is 45.7 Å². The van der Waals surface area contributed by atoms with Crippen molar-refractivity contribution in [3.8, 4) is 5.75 Å². The number of hydrogen-bond acceptors (Lipinski definition) is 4. The molecule has 2 aromatic heterocycles. The highest BCUT2D eigenvalue weighted by atomic mass is 16.5. The number of ether oxygens (including phenoxy) is 1. The highest BCUT2D eigenvalue weighted by Gasteiger charge is 2.24. The second-order valence-electron chi connectivity index (χ2n) is 3.88. The lowest BCUT2D eigenvalue weighted by atomic mass is 10.2. The second-order valence-corrected chi connectivity index (χ2v) is 3.88. The number of fused-ring (bicyclic) bond motifs is 1. The lowest BCUT2D eigenvalue weighted by Crippen LogP contribution is -2.51. The van der Waals surface area contributed by atoms with Gasteiger partial charge in [0.25, 0.3) is 0 Å². The van der Waals surface area contributed by atoms with Crippen molar-refractivity contribution < 1.29 is 4.74 Å². The molecule has 3 heterocycles. The molecule has 0 amide bonds. The molecule has 3 rings (SSSR count). The Morgan fingerprint density at radius 3 is 3.13 bits per heavy atom. The Kier molecular flexibility index (Phi) is 1.85. The van der Waals surface area contributed by atoms with Crippen LogP contribution < -0.4 is 4.74 Å². The summed E-state index contributed by atoms with van der Waals surface area (Å²) in [5.74, 6) is 0.782. The Morgan fingerprint density at radius 1 is 1.47 bits per heavy atom. The molecule has 5 heteroatoms. The van der Waals surface area contributed by atoms with E-state index in [0.717, 1.165) is 24.5 Å². The van der Waals surface area contributed by atoms with E-state index in [1.54, 1.807) is 16.9 Å². The molecule has 0 aromatic carbocycles. The van der Waals surface area contributed by atoms with Crippen LogP contribution in [0.1, 0.15) is 0 Å². The predicted octanol–water partition coefficient (Wildman–Crippen LogP) is 0.422. The van der Waals surface area contributed by atoms with E-state index in [2.05, 4.69) is 22.0 Å². The summed E-state index contributed by atoms with van der Waals surface area (Å²) in [4.78, 5) is 6.45. The first kappa shape index (κ1) is 8.67. The van der Waals surface area contributed by atoms with Gasteiger partial charge >= 0.3 is 0 Å². The second kappa shape index (κ2) is 3.20. The highest BCUT2D eigenvalue weighted by molar-refractivity contribution is 5.37. The van der Waals surface area contributed by atoms with Gasteiger partial charge in [-0.25, -0.2) is 9.50 Å². The van der Waals surface area contributed by atoms with Crippen LogP contribution >= 0.6 is 0 Å². The van der Waals surface area contributed by atoms with Gasteiger partial charge in [-0.3, -0.25) is 4.90 Å². The van der Waals surface area contributed by atoms with Crippen LogP contribution in [0.5, 0.6) is 5.75 Å². The summed E-state index contributed by atoms with van der Waals surface area (Å²) in [6.07, 6.45) is 5.63. The fraction of sp³-hybridized carbons (Fsp3) is 0.400. The summed E-state index contributed by atoms with van der Waals surface area (Å²) in [5, 5.41) is 4.11. The third-order valence-electron chi connectivity index (χ3n) is 2.56. The topological polar surface area (TPSA) is 42.7 Å². The van der Waals surface area contributed by atoms with Crippen LogP contribution in [0, 0.1) is 0 Å². The van der Waals surface area contributed by atoms with Gasteiger partial charge < -0.3 is 4.74 Å². The number of likely N-dealkylation sites (N-methyl/N-ethyl adjacent to an activating group) is 1. The van der Waals surface area contributed by atoms with Crippen LogP contribution in [0.4, 0.5) is 0 Å². The van der Waals surface area contributed by atoms with Gasteiger partial charge in [-0.1, -0.05) is 0 Å². The fourth-order valence-electron chi connectivity index (χ4n) is 1.76. The van der Waals surface area contributed by atoms with Crippen molar-refractivity contribution in [3.63, 3.8) is 0 Å². The summed E-state index contributed by atoms with van der Waals surface area (Å²) in [5.41, 5.74) is 0.841. The molecule has 0 atom stereocenters. The summed E-state index contributed by atoms with van der Waals surface area (Å²) >= 11 is 0. The number of nitrogens with zero attached hydrogens (tertiary/aromatic N) is 4. The molecule has 0 unspecified atom stereocenters. The van der Waals surface area contributed by atoms with E-state index in [4.69, 9.17) is 4.74 Å². The zero-order valence-corrected chi connectivity index (χ0v) is 8.50. The lowest BCUT2D eigenvalue weighted by molar-refractivity contribution is 0.0382. The van der Waals surface area contributed by atoms with E-state index in [0.29, 0.717) is 6.10 Å². The molecule has 1 fully saturated rings. The van der Waals surface area contributed by atoms with Gasteiger partial charge in [0.05, 0.1) is 18.6 Å². The van der Waals surface area contributed by atoms with Crippen LogP contribution in [0.3, 0.4) is 0 Å². The predicted molar refractivity (Wildman–Crippen MR) is 54.9 cm³/mol. The Labute approximate surface area is 87.3 Å². The molecule has 1 aliphatic rings. The summed E-state index contributed by atoms with van der Waals surface area (Å²) in [7, 11) is 2.08. The minimum absolute atomic E-state index is 0.296. The molecule has 0 N–H and O–H groups in total. The van der Waals surface area contributed by atoms with E-state index in [-0.39, 0.29) is 0 Å². The number of rotatable bonds is 2. The van der Waals surface area contributed by atoms with Gasteiger partial charge in [-0.05, 0) is 7.05 Å². The maximum Gasteiger partial charge on any atom is 0.156 e. The fourth-order valence-corrected chi connectivity index (χ4v) is 1.76. The van der Waals surface area contributed by atoms with Gasteiger partial charge in [0.1, 0.15) is 6.10 Å². The maximum absolute atomic E-state index is 5.73. The number of likely N-dealkylation sites (tertiary alicyclic amines) is 1. The summed E-state index contributed by atoms with van der Waals surface area (Å²) in [6, 6.07) is 1.86. The van der Waals surface area contributed by atoms with Crippen molar-refractivity contribution in [2.45, 2.75) is 6.10 Å². The zero-order chi connectivity index (χ0) is 10.3. The molecule has 1 saturated heterocycles. The van der Waals surface area contributed by atoms with Crippen LogP contribution in [0.2, 0.25) is 0 Å². The average molecular weight is 204 g/mol. The van der Waals surface area contributed by atoms with Crippen molar-refractivity contribution >= 4 is 5.65 Å². The Bertz CT molecular complexity index is 475. The minimum Gasteiger partial charge on any atom is -0.485 e. The lowest BCUT2D eigenvalue weighted by Gasteiger charge is -2.35. The first-order valence-corrected chi connectivity index (χ1v) is 4.96. The van der Waals surface area contributed by atoms with Gasteiger partial charge in [0.15, 0.2) is 11.4 Å². The quantitative estimate of drug-likeness (QED) is 0.711. The first-order valence-electron chi connectivity index (χ1n) is 4.96. The summed E-state index contributed by atoms with van der Waals surface area (Å²) in [6.45, 7) is 1.97. The van der Waals surface area contributed by atoms with Crippen molar-refractivity contribution in [2.24, 2.45) is 0 Å². The summed E-state index contributed by atoms with van der Waals surface area (Å²) < 4.78 is 7.45. The van der Waals surface area contributed by atoms with Gasteiger partial charge in [-0.15, -0.1) is 0 Å². The zero-order valence-electron chi connectivity index (χ0n) is 8.50. The molecule has 0 bridgehead atoms. The average Bonchev–Trinajstić information content (AvgIpc) is 2.62. The third-order valence-corrected chi connectivity index (χ3v) is 2.56. The van der Waals surface area contributed by atoms with E-state index < -0.39 is 0 Å². The molecular formula is C10H12N4O. The van der Waals surface area contributed by atoms with Crippen molar-refractivity contribution in [3.05, 3.63) is 24.7 Å². The Morgan fingerprint density at radius 2 is 2.33 bits per heavy atom. The van der Waals surface area contributed by atoms with Crippen molar-refractivity contribution in [2.75, 3.05) is 20.1 Å². The molecular weight excluding hydrogens is 192 g/mol. The monoisotopic (exact) mass is 204 g/mol. The SMILES string of the molecule is CN1CC(Oc2cnc3ccnn3c2)C1. The van der Waals surface area contributed by atoms with Crippen LogP contribution in [-0.2, 0) is 0 Å². The molecule has 78 valence electrons. The first-order chi connectivity index (χ1) is 7.31. The minimum atomic E-state index is 0.296. The normalized spacial score (nSPS) is 17.9. The van der Waals surface area contributed by atoms with Crippen LogP contribution in [0.25, 0.3) is 5.65 Å². The molecule has 2 aromatic rings. The molecule has 1 aliphatic heterocycles. The van der Waals surface area contributed by atoms with Crippen molar-refractivity contribution in [1.29, 1.82) is 0 Å². The third kappa shape index (κ3) is 1.55.